The van der Waals surface area contributed by atoms with Gasteiger partial charge in [0.15, 0.2) is 5.16 Å². The lowest BCUT2D eigenvalue weighted by molar-refractivity contribution is -0.113. The second kappa shape index (κ2) is 10.9. The van der Waals surface area contributed by atoms with Crippen LogP contribution in [0.5, 0.6) is 0 Å². The molecule has 1 heterocycles. The van der Waals surface area contributed by atoms with Gasteiger partial charge >= 0.3 is 0 Å². The molecule has 0 atom stereocenters. The molecule has 168 valence electrons. The van der Waals surface area contributed by atoms with Gasteiger partial charge in [-0.3, -0.25) is 14.2 Å². The number of fused-ring (bicyclic) bond motifs is 1. The molecule has 0 unspecified atom stereocenters. The molecule has 1 amide bonds. The van der Waals surface area contributed by atoms with Gasteiger partial charge in [0.2, 0.25) is 5.91 Å². The first-order chi connectivity index (χ1) is 16.2. The number of aliphatic hydroxyl groups is 1. The smallest absolute Gasteiger partial charge is 0.262 e. The highest BCUT2D eigenvalue weighted by Gasteiger charge is 2.14. The Morgan fingerprint density at radius 3 is 2.52 bits per heavy atom. The molecule has 0 saturated carbocycles. The number of aromatic nitrogens is 2. The molecule has 0 bridgehead atoms. The van der Waals surface area contributed by atoms with E-state index in [1.54, 1.807) is 22.8 Å². The van der Waals surface area contributed by atoms with Crippen LogP contribution < -0.4 is 10.9 Å². The number of thioether (sulfide) groups is 1. The van der Waals surface area contributed by atoms with Gasteiger partial charge in [-0.25, -0.2) is 4.98 Å². The second-order valence-corrected chi connectivity index (χ2v) is 8.54. The molecule has 0 saturated heterocycles. The third-order valence-corrected chi connectivity index (χ3v) is 6.20. The molecule has 4 rings (SSSR count). The van der Waals surface area contributed by atoms with Crippen molar-refractivity contribution < 1.29 is 9.90 Å². The Morgan fingerprint density at radius 2 is 1.70 bits per heavy atom. The van der Waals surface area contributed by atoms with Crippen LogP contribution >= 0.6 is 11.8 Å². The number of carbonyl (C=O) groups excluding carboxylic acids is 1. The number of para-hydroxylation sites is 2. The summed E-state index contributed by atoms with van der Waals surface area (Å²) in [6, 6.07) is 25.0. The first-order valence-corrected chi connectivity index (χ1v) is 11.8. The lowest BCUT2D eigenvalue weighted by Gasteiger charge is -2.14. The van der Waals surface area contributed by atoms with Gasteiger partial charge in [0.25, 0.3) is 5.56 Å². The molecular formula is C26H25N3O3S. The number of carbonyl (C=O) groups is 1. The zero-order valence-electron chi connectivity index (χ0n) is 18.1. The zero-order chi connectivity index (χ0) is 23.0. The maximum Gasteiger partial charge on any atom is 0.262 e. The Balaban J connectivity index is 1.50. The van der Waals surface area contributed by atoms with Crippen molar-refractivity contribution in [2.75, 3.05) is 17.7 Å². The summed E-state index contributed by atoms with van der Waals surface area (Å²) in [4.78, 5) is 30.3. The second-order valence-electron chi connectivity index (χ2n) is 7.60. The Hall–Kier alpha value is -3.42. The van der Waals surface area contributed by atoms with Crippen LogP contribution in [0.1, 0.15) is 17.5 Å². The van der Waals surface area contributed by atoms with E-state index >= 15 is 0 Å². The first-order valence-electron chi connectivity index (χ1n) is 10.8. The van der Waals surface area contributed by atoms with Crippen molar-refractivity contribution in [3.05, 3.63) is 100 Å². The fraction of sp³-hybridized carbons (Fsp3) is 0.192. The van der Waals surface area contributed by atoms with Gasteiger partial charge < -0.3 is 10.4 Å². The van der Waals surface area contributed by atoms with Crippen LogP contribution in [0.15, 0.2) is 88.8 Å². The number of anilines is 1. The van der Waals surface area contributed by atoms with Gasteiger partial charge in [0.05, 0.1) is 16.7 Å². The van der Waals surface area contributed by atoms with Gasteiger partial charge in [-0.1, -0.05) is 72.4 Å². The van der Waals surface area contributed by atoms with Gasteiger partial charge in [-0.05, 0) is 42.2 Å². The van der Waals surface area contributed by atoms with Crippen molar-refractivity contribution in [1.29, 1.82) is 0 Å². The molecule has 1 aromatic heterocycles. The van der Waals surface area contributed by atoms with Crippen molar-refractivity contribution in [2.45, 2.75) is 24.5 Å². The highest BCUT2D eigenvalue weighted by atomic mass is 32.2. The monoisotopic (exact) mass is 459 g/mol. The van der Waals surface area contributed by atoms with Crippen LogP contribution in [0.3, 0.4) is 0 Å². The molecule has 7 heteroatoms. The average molecular weight is 460 g/mol. The van der Waals surface area contributed by atoms with Crippen LogP contribution in [0, 0.1) is 0 Å². The van der Waals surface area contributed by atoms with E-state index < -0.39 is 0 Å². The van der Waals surface area contributed by atoms with Crippen LogP contribution in [0.2, 0.25) is 0 Å². The van der Waals surface area contributed by atoms with Crippen LogP contribution in [0.25, 0.3) is 10.9 Å². The Kier molecular flexibility index (Phi) is 7.55. The molecule has 3 aromatic carbocycles. The number of hydrogen-bond donors (Lipinski definition) is 2. The van der Waals surface area contributed by atoms with Gasteiger partial charge in [0, 0.05) is 18.8 Å². The maximum atomic E-state index is 12.9. The Bertz CT molecular complexity index is 1310. The van der Waals surface area contributed by atoms with Crippen LogP contribution in [-0.4, -0.2) is 32.9 Å². The van der Waals surface area contributed by atoms with E-state index in [0.29, 0.717) is 29.0 Å². The number of rotatable bonds is 9. The fourth-order valence-electron chi connectivity index (χ4n) is 3.61. The zero-order valence-corrected chi connectivity index (χ0v) is 18.9. The molecular weight excluding hydrogens is 434 g/mol. The van der Waals surface area contributed by atoms with E-state index in [9.17, 15) is 14.7 Å². The predicted octanol–water partition coefficient (Wildman–Crippen LogP) is 4.10. The number of nitrogens with one attached hydrogen (secondary N) is 1. The molecule has 0 aliphatic heterocycles. The standard InChI is InChI=1S/C26H25N3O3S/c30-16-8-15-29-25(32)21-12-5-7-14-23(21)28-26(29)33-18-24(31)27-22-13-6-4-11-20(22)17-19-9-2-1-3-10-19/h1-7,9-14,30H,8,15-18H2,(H,27,31). The van der Waals surface area contributed by atoms with E-state index in [0.717, 1.165) is 17.7 Å². The summed E-state index contributed by atoms with van der Waals surface area (Å²) < 4.78 is 1.54. The SMILES string of the molecule is O=C(CSc1nc2ccccc2c(=O)n1CCCO)Nc1ccccc1Cc1ccccc1. The third kappa shape index (κ3) is 5.69. The van der Waals surface area contributed by atoms with Crippen LogP contribution in [0.4, 0.5) is 5.69 Å². The molecule has 0 spiro atoms. The third-order valence-electron chi connectivity index (χ3n) is 5.23. The van der Waals surface area contributed by atoms with E-state index in [4.69, 9.17) is 0 Å². The predicted molar refractivity (Wildman–Crippen MR) is 133 cm³/mol. The Morgan fingerprint density at radius 1 is 0.970 bits per heavy atom. The van der Waals surface area contributed by atoms with E-state index in [2.05, 4.69) is 22.4 Å². The number of amides is 1. The summed E-state index contributed by atoms with van der Waals surface area (Å²) in [5.74, 6) is -0.0551. The van der Waals surface area contributed by atoms with E-state index in [-0.39, 0.29) is 23.8 Å². The van der Waals surface area contributed by atoms with Gasteiger partial charge in [-0.15, -0.1) is 0 Å². The molecule has 0 fully saturated rings. The highest BCUT2D eigenvalue weighted by Crippen LogP contribution is 2.21. The summed E-state index contributed by atoms with van der Waals surface area (Å²) in [5, 5.41) is 13.2. The molecule has 33 heavy (non-hydrogen) atoms. The van der Waals surface area contributed by atoms with Crippen molar-refractivity contribution >= 4 is 34.3 Å². The van der Waals surface area contributed by atoms with E-state index in [1.165, 1.54) is 17.3 Å². The quantitative estimate of drug-likeness (QED) is 0.291. The Labute approximate surface area is 196 Å². The number of hydrogen-bond acceptors (Lipinski definition) is 5. The summed E-state index contributed by atoms with van der Waals surface area (Å²) >= 11 is 1.22. The van der Waals surface area contributed by atoms with Gasteiger partial charge in [-0.2, -0.15) is 0 Å². The average Bonchev–Trinajstić information content (AvgIpc) is 2.84. The lowest BCUT2D eigenvalue weighted by atomic mass is 10.0. The molecule has 6 nitrogen and oxygen atoms in total. The van der Waals surface area contributed by atoms with Crippen LogP contribution in [-0.2, 0) is 17.8 Å². The van der Waals surface area contributed by atoms with Crippen molar-refractivity contribution in [3.8, 4) is 0 Å². The molecule has 0 aliphatic rings. The summed E-state index contributed by atoms with van der Waals surface area (Å²) in [6.07, 6.45) is 1.16. The number of aliphatic hydroxyl groups excluding tert-OH is 1. The highest BCUT2D eigenvalue weighted by molar-refractivity contribution is 7.99. The van der Waals surface area contributed by atoms with Gasteiger partial charge in [0.1, 0.15) is 0 Å². The number of benzene rings is 3. The lowest BCUT2D eigenvalue weighted by Crippen LogP contribution is -2.25. The number of nitrogens with zero attached hydrogens (tertiary/aromatic N) is 2. The minimum Gasteiger partial charge on any atom is -0.396 e. The summed E-state index contributed by atoms with van der Waals surface area (Å²) in [5.41, 5.74) is 3.41. The molecule has 2 N–H and O–H groups in total. The van der Waals surface area contributed by atoms with Crippen molar-refractivity contribution in [1.82, 2.24) is 9.55 Å². The van der Waals surface area contributed by atoms with Crippen molar-refractivity contribution in [3.63, 3.8) is 0 Å². The summed E-state index contributed by atoms with van der Waals surface area (Å²) in [6.45, 7) is 0.319. The minimum absolute atomic E-state index is 0.0257. The topological polar surface area (TPSA) is 84.2 Å². The first kappa shape index (κ1) is 22.8. The normalized spacial score (nSPS) is 10.9. The maximum absolute atomic E-state index is 12.9. The van der Waals surface area contributed by atoms with Crippen molar-refractivity contribution in [2.24, 2.45) is 0 Å². The molecule has 0 aliphatic carbocycles. The minimum atomic E-state index is -0.170. The summed E-state index contributed by atoms with van der Waals surface area (Å²) in [7, 11) is 0. The molecule has 4 aromatic rings. The van der Waals surface area contributed by atoms with E-state index in [1.807, 2.05) is 48.5 Å². The largest absolute Gasteiger partial charge is 0.396 e. The molecule has 0 radical (unpaired) electrons. The fourth-order valence-corrected chi connectivity index (χ4v) is 4.44.